The number of nitrogens with two attached hydrogens (primary N) is 1. The largest absolute Gasteiger partial charge is 0.347 e. The molecule has 2 aliphatic rings. The highest BCUT2D eigenvalue weighted by Gasteiger charge is 2.31. The van der Waals surface area contributed by atoms with Crippen molar-refractivity contribution in [1.82, 2.24) is 15.0 Å². The molecule has 0 unspecified atom stereocenters. The normalized spacial score (nSPS) is 21.3. The van der Waals surface area contributed by atoms with Gasteiger partial charge in [-0.3, -0.25) is 20.3 Å². The van der Waals surface area contributed by atoms with Crippen LogP contribution in [0.25, 0.3) is 11.2 Å². The summed E-state index contributed by atoms with van der Waals surface area (Å²) >= 11 is 0. The van der Waals surface area contributed by atoms with E-state index in [2.05, 4.69) is 30.2 Å². The van der Waals surface area contributed by atoms with Crippen molar-refractivity contribution < 1.29 is 9.91 Å². The lowest BCUT2D eigenvalue weighted by Gasteiger charge is -2.24. The van der Waals surface area contributed by atoms with Crippen LogP contribution in [-0.2, 0) is 6.42 Å². The lowest BCUT2D eigenvalue weighted by molar-refractivity contribution is -0.384. The number of aromatic nitrogens is 4. The summed E-state index contributed by atoms with van der Waals surface area (Å²) in [5.41, 5.74) is 9.41. The number of non-ortho nitro benzene ring substituents is 1. The number of rotatable bonds is 4. The van der Waals surface area contributed by atoms with Gasteiger partial charge in [0.25, 0.3) is 5.69 Å². The topological polar surface area (TPSA) is 140 Å². The van der Waals surface area contributed by atoms with Gasteiger partial charge in [-0.25, -0.2) is 9.97 Å². The molecule has 29 heavy (non-hydrogen) atoms. The number of H-pyrrole nitrogens is 2. The van der Waals surface area contributed by atoms with Gasteiger partial charge < -0.3 is 10.7 Å². The smallest absolute Gasteiger partial charge is 0.337 e. The van der Waals surface area contributed by atoms with E-state index >= 15 is 0 Å². The molecule has 3 aromatic rings. The standard InChI is InChI=1S/C19H22N8O2/c20-12-2-4-13(5-3-12)23-19-24-17-16(21-10-22-17)18(25-19)26-8-7-11-1-6-14(27(28)29)9-15(11)26/h1,6,9-10,12-13H,2-5,7-8,20H2,(H2,21,22,23,24,25)/p+1. The van der Waals surface area contributed by atoms with Crippen LogP contribution in [0.2, 0.25) is 0 Å². The van der Waals surface area contributed by atoms with Crippen molar-refractivity contribution in [2.45, 2.75) is 44.2 Å². The molecule has 0 atom stereocenters. The molecule has 0 spiro atoms. The third-order valence-corrected chi connectivity index (χ3v) is 5.87. The second kappa shape index (κ2) is 6.96. The first-order chi connectivity index (χ1) is 14.1. The number of nitro benzene ring substituents is 1. The van der Waals surface area contributed by atoms with Crippen molar-refractivity contribution in [3.8, 4) is 0 Å². The van der Waals surface area contributed by atoms with Crippen LogP contribution in [-0.4, -0.2) is 38.5 Å². The predicted molar refractivity (Wildman–Crippen MR) is 108 cm³/mol. The molecule has 1 aromatic carbocycles. The molecule has 0 saturated heterocycles. The SMILES string of the molecule is NC1CCC(Nc2nc3nc[nH]c3c(N3CCc4ccc([N+](=O)[O-])cc43)[nH+]2)CC1. The number of nitro groups is 1. The van der Waals surface area contributed by atoms with E-state index in [9.17, 15) is 10.1 Å². The molecule has 3 heterocycles. The van der Waals surface area contributed by atoms with E-state index in [1.807, 2.05) is 6.07 Å². The molecule has 0 bridgehead atoms. The van der Waals surface area contributed by atoms with Crippen LogP contribution in [0, 0.1) is 10.1 Å². The number of hydrogen-bond acceptors (Lipinski definition) is 7. The molecule has 150 valence electrons. The van der Waals surface area contributed by atoms with Gasteiger partial charge in [0.05, 0.1) is 35.6 Å². The molecular formula is C19H23N8O2+. The Morgan fingerprint density at radius 3 is 2.93 bits per heavy atom. The van der Waals surface area contributed by atoms with Crippen molar-refractivity contribution in [1.29, 1.82) is 0 Å². The summed E-state index contributed by atoms with van der Waals surface area (Å²) in [6.07, 6.45) is 6.44. The summed E-state index contributed by atoms with van der Waals surface area (Å²) in [7, 11) is 0. The minimum atomic E-state index is -0.362. The van der Waals surface area contributed by atoms with Gasteiger partial charge in [0, 0.05) is 18.5 Å². The summed E-state index contributed by atoms with van der Waals surface area (Å²) in [6, 6.07) is 5.63. The van der Waals surface area contributed by atoms with E-state index in [0.29, 0.717) is 17.6 Å². The Morgan fingerprint density at radius 1 is 1.31 bits per heavy atom. The number of hydrogen-bond donors (Lipinski definition) is 3. The highest BCUT2D eigenvalue weighted by atomic mass is 16.6. The quantitative estimate of drug-likeness (QED) is 0.453. The Balaban J connectivity index is 1.52. The van der Waals surface area contributed by atoms with Crippen LogP contribution in [0.4, 0.5) is 23.1 Å². The Bertz CT molecular complexity index is 1070. The maximum absolute atomic E-state index is 11.2. The summed E-state index contributed by atoms with van der Waals surface area (Å²) in [5, 5.41) is 14.7. The summed E-state index contributed by atoms with van der Waals surface area (Å²) in [5.74, 6) is 1.46. The fraction of sp³-hybridized carbons (Fsp3) is 0.421. The van der Waals surface area contributed by atoms with Gasteiger partial charge in [-0.1, -0.05) is 4.98 Å². The van der Waals surface area contributed by atoms with Crippen LogP contribution in [0.5, 0.6) is 0 Å². The van der Waals surface area contributed by atoms with Gasteiger partial charge in [-0.15, -0.1) is 0 Å². The number of nitrogens with one attached hydrogen (secondary N) is 3. The van der Waals surface area contributed by atoms with E-state index in [1.165, 1.54) is 0 Å². The van der Waals surface area contributed by atoms with Crippen molar-refractivity contribution in [3.63, 3.8) is 0 Å². The fourth-order valence-corrected chi connectivity index (χ4v) is 4.30. The van der Waals surface area contributed by atoms with Crippen LogP contribution in [0.3, 0.4) is 0 Å². The van der Waals surface area contributed by atoms with Gasteiger partial charge in [0.15, 0.2) is 5.52 Å². The first kappa shape index (κ1) is 17.8. The van der Waals surface area contributed by atoms with Crippen molar-refractivity contribution in [2.75, 3.05) is 16.8 Å². The van der Waals surface area contributed by atoms with Gasteiger partial charge >= 0.3 is 5.95 Å². The van der Waals surface area contributed by atoms with E-state index in [1.54, 1.807) is 18.5 Å². The average Bonchev–Trinajstić information content (AvgIpc) is 3.35. The minimum Gasteiger partial charge on any atom is -0.337 e. The van der Waals surface area contributed by atoms with Crippen LogP contribution >= 0.6 is 0 Å². The zero-order valence-corrected chi connectivity index (χ0v) is 15.9. The van der Waals surface area contributed by atoms with Crippen LogP contribution < -0.4 is 20.9 Å². The van der Waals surface area contributed by atoms with E-state index in [0.717, 1.165) is 61.2 Å². The van der Waals surface area contributed by atoms with Crippen LogP contribution in [0.15, 0.2) is 24.5 Å². The molecule has 2 aromatic heterocycles. The molecule has 10 nitrogen and oxygen atoms in total. The Kier molecular flexibility index (Phi) is 4.27. The molecular weight excluding hydrogens is 372 g/mol. The fourth-order valence-electron chi connectivity index (χ4n) is 4.30. The molecule has 5 N–H and O–H groups in total. The molecule has 1 aliphatic carbocycles. The van der Waals surface area contributed by atoms with Gasteiger partial charge in [0.2, 0.25) is 11.5 Å². The second-order valence-electron chi connectivity index (χ2n) is 7.76. The molecule has 1 saturated carbocycles. The molecule has 5 rings (SSSR count). The van der Waals surface area contributed by atoms with Gasteiger partial charge in [0.1, 0.15) is 0 Å². The molecule has 1 aliphatic heterocycles. The Morgan fingerprint density at radius 2 is 2.14 bits per heavy atom. The summed E-state index contributed by atoms with van der Waals surface area (Å²) in [4.78, 5) is 28.4. The van der Waals surface area contributed by atoms with Gasteiger partial charge in [-0.2, -0.15) is 0 Å². The van der Waals surface area contributed by atoms with Crippen molar-refractivity contribution in [3.05, 3.63) is 40.2 Å². The summed E-state index contributed by atoms with van der Waals surface area (Å²) in [6.45, 7) is 0.725. The van der Waals surface area contributed by atoms with E-state index in [4.69, 9.17) is 5.73 Å². The molecule has 10 heteroatoms. The minimum absolute atomic E-state index is 0.0856. The zero-order valence-electron chi connectivity index (χ0n) is 15.9. The molecule has 1 fully saturated rings. The first-order valence-corrected chi connectivity index (χ1v) is 9.92. The number of imidazole rings is 1. The highest BCUT2D eigenvalue weighted by molar-refractivity contribution is 5.86. The lowest BCUT2D eigenvalue weighted by atomic mass is 9.92. The maximum atomic E-state index is 11.2. The molecule has 0 amide bonds. The summed E-state index contributed by atoms with van der Waals surface area (Å²) < 4.78 is 0. The number of fused-ring (bicyclic) bond motifs is 2. The zero-order chi connectivity index (χ0) is 20.0. The second-order valence-corrected chi connectivity index (χ2v) is 7.76. The number of nitrogens with zero attached hydrogens (tertiary/aromatic N) is 4. The third-order valence-electron chi connectivity index (χ3n) is 5.87. The number of aromatic amines is 2. The molecule has 0 radical (unpaired) electrons. The monoisotopic (exact) mass is 395 g/mol. The third kappa shape index (κ3) is 3.25. The highest BCUT2D eigenvalue weighted by Crippen LogP contribution is 2.37. The first-order valence-electron chi connectivity index (χ1n) is 9.92. The average molecular weight is 395 g/mol. The van der Waals surface area contributed by atoms with Crippen LogP contribution in [0.1, 0.15) is 31.2 Å². The predicted octanol–water partition coefficient (Wildman–Crippen LogP) is 2.06. The number of benzene rings is 1. The number of anilines is 3. The Labute approximate surface area is 166 Å². The van der Waals surface area contributed by atoms with E-state index < -0.39 is 0 Å². The van der Waals surface area contributed by atoms with Gasteiger partial charge in [-0.05, 0) is 37.3 Å². The maximum Gasteiger partial charge on any atom is 0.347 e. The van der Waals surface area contributed by atoms with Crippen molar-refractivity contribution >= 4 is 34.3 Å². The lowest BCUT2D eigenvalue weighted by Crippen LogP contribution is -2.35. The Hall–Kier alpha value is -3.27. The van der Waals surface area contributed by atoms with Crippen molar-refractivity contribution in [2.24, 2.45) is 5.73 Å². The van der Waals surface area contributed by atoms with E-state index in [-0.39, 0.29) is 16.7 Å².